The maximum absolute atomic E-state index is 12.5. The van der Waals surface area contributed by atoms with Gasteiger partial charge in [0.2, 0.25) is 0 Å². The van der Waals surface area contributed by atoms with Crippen molar-refractivity contribution in [3.8, 4) is 0 Å². The number of halogens is 3. The van der Waals surface area contributed by atoms with Crippen molar-refractivity contribution in [1.29, 1.82) is 0 Å². The first-order chi connectivity index (χ1) is 9.78. The van der Waals surface area contributed by atoms with E-state index >= 15 is 0 Å². The van der Waals surface area contributed by atoms with E-state index in [-0.39, 0.29) is 12.1 Å². The maximum atomic E-state index is 12.5. The Morgan fingerprint density at radius 2 is 1.95 bits per heavy atom. The number of carbonyl (C=O) groups is 1. The number of rotatable bonds is 6. The quantitative estimate of drug-likeness (QED) is 0.866. The van der Waals surface area contributed by atoms with Gasteiger partial charge in [-0.3, -0.25) is 4.79 Å². The van der Waals surface area contributed by atoms with Crippen LogP contribution in [-0.4, -0.2) is 36.6 Å². The van der Waals surface area contributed by atoms with E-state index in [1.807, 2.05) is 13.8 Å². The van der Waals surface area contributed by atoms with Crippen molar-refractivity contribution in [3.05, 3.63) is 29.3 Å². The minimum absolute atomic E-state index is 0.0133. The van der Waals surface area contributed by atoms with E-state index in [0.29, 0.717) is 12.2 Å². The number of nitrogens with one attached hydrogen (secondary N) is 1. The zero-order chi connectivity index (χ0) is 16.0. The summed E-state index contributed by atoms with van der Waals surface area (Å²) < 4.78 is 37.6. The summed E-state index contributed by atoms with van der Waals surface area (Å²) >= 11 is 0. The fraction of sp³-hybridized carbons (Fsp3) is 0.533. The Balaban J connectivity index is 3.04. The number of nitrogens with zero attached hydrogens (tertiary/aromatic N) is 1. The second-order valence-corrected chi connectivity index (χ2v) is 4.91. The van der Waals surface area contributed by atoms with Crippen molar-refractivity contribution < 1.29 is 18.0 Å². The lowest BCUT2D eigenvalue weighted by Crippen LogP contribution is -2.39. The third-order valence-corrected chi connectivity index (χ3v) is 3.01. The van der Waals surface area contributed by atoms with Crippen LogP contribution < -0.4 is 5.32 Å². The number of alkyl halides is 3. The summed E-state index contributed by atoms with van der Waals surface area (Å²) in [6.45, 7) is 4.83. The molecule has 0 aliphatic heterocycles. The molecular weight excluding hydrogens is 281 g/mol. The lowest BCUT2D eigenvalue weighted by atomic mass is 10.1. The van der Waals surface area contributed by atoms with E-state index < -0.39 is 18.6 Å². The summed E-state index contributed by atoms with van der Waals surface area (Å²) in [5, 5.41) is 3.10. The van der Waals surface area contributed by atoms with Gasteiger partial charge < -0.3 is 10.2 Å². The lowest BCUT2D eigenvalue weighted by Gasteiger charge is -2.24. The average Bonchev–Trinajstić information content (AvgIpc) is 2.41. The van der Waals surface area contributed by atoms with Crippen LogP contribution in [0.5, 0.6) is 0 Å². The standard InChI is InChI=1S/C15H21F3N2O/c1-4-8-19-13-9-11(3)6-7-12(13)14(21)20(5-2)10-15(16,17)18/h6-7,9,19H,4-5,8,10H2,1-3H3. The predicted octanol–water partition coefficient (Wildman–Crippen LogP) is 3.84. The molecule has 0 saturated carbocycles. The summed E-state index contributed by atoms with van der Waals surface area (Å²) in [7, 11) is 0. The normalized spacial score (nSPS) is 11.3. The predicted molar refractivity (Wildman–Crippen MR) is 77.6 cm³/mol. The molecule has 118 valence electrons. The third-order valence-electron chi connectivity index (χ3n) is 3.01. The SMILES string of the molecule is CCCNc1cc(C)ccc1C(=O)N(CC)CC(F)(F)F. The highest BCUT2D eigenvalue weighted by atomic mass is 19.4. The molecule has 1 amide bonds. The Morgan fingerprint density at radius 1 is 1.29 bits per heavy atom. The second-order valence-electron chi connectivity index (χ2n) is 4.91. The van der Waals surface area contributed by atoms with Gasteiger partial charge in [0.05, 0.1) is 5.56 Å². The van der Waals surface area contributed by atoms with Crippen LogP contribution in [0.1, 0.15) is 36.2 Å². The van der Waals surface area contributed by atoms with Crippen molar-refractivity contribution in [2.24, 2.45) is 0 Å². The monoisotopic (exact) mass is 302 g/mol. The third kappa shape index (κ3) is 5.28. The van der Waals surface area contributed by atoms with Crippen molar-refractivity contribution in [2.75, 3.05) is 25.0 Å². The molecule has 1 N–H and O–H groups in total. The zero-order valence-electron chi connectivity index (χ0n) is 12.5. The van der Waals surface area contributed by atoms with Crippen LogP contribution in [-0.2, 0) is 0 Å². The maximum Gasteiger partial charge on any atom is 0.406 e. The van der Waals surface area contributed by atoms with Gasteiger partial charge >= 0.3 is 6.18 Å². The number of benzene rings is 1. The van der Waals surface area contributed by atoms with Crippen LogP contribution in [0.25, 0.3) is 0 Å². The molecule has 0 spiro atoms. The molecule has 0 heterocycles. The topological polar surface area (TPSA) is 32.3 Å². The second kappa shape index (κ2) is 7.33. The minimum Gasteiger partial charge on any atom is -0.384 e. The van der Waals surface area contributed by atoms with Crippen LogP contribution in [0.4, 0.5) is 18.9 Å². The van der Waals surface area contributed by atoms with Crippen molar-refractivity contribution in [2.45, 2.75) is 33.4 Å². The van der Waals surface area contributed by atoms with Gasteiger partial charge in [-0.25, -0.2) is 0 Å². The van der Waals surface area contributed by atoms with E-state index in [1.54, 1.807) is 18.2 Å². The van der Waals surface area contributed by atoms with Gasteiger partial charge in [0, 0.05) is 18.8 Å². The Bertz CT molecular complexity index is 486. The number of anilines is 1. The fourth-order valence-electron chi connectivity index (χ4n) is 1.96. The molecule has 0 atom stereocenters. The molecule has 0 aliphatic carbocycles. The van der Waals surface area contributed by atoms with Crippen LogP contribution in [0.3, 0.4) is 0 Å². The lowest BCUT2D eigenvalue weighted by molar-refractivity contribution is -0.140. The highest BCUT2D eigenvalue weighted by Gasteiger charge is 2.33. The molecule has 21 heavy (non-hydrogen) atoms. The molecule has 0 aromatic heterocycles. The Morgan fingerprint density at radius 3 is 2.48 bits per heavy atom. The first kappa shape index (κ1) is 17.3. The van der Waals surface area contributed by atoms with Gasteiger partial charge in [0.1, 0.15) is 6.54 Å². The van der Waals surface area contributed by atoms with Gasteiger partial charge in [0.25, 0.3) is 5.91 Å². The van der Waals surface area contributed by atoms with E-state index in [0.717, 1.165) is 16.9 Å². The molecule has 0 radical (unpaired) electrons. The van der Waals surface area contributed by atoms with Crippen LogP contribution in [0.2, 0.25) is 0 Å². The summed E-state index contributed by atoms with van der Waals surface area (Å²) in [6.07, 6.45) is -3.53. The summed E-state index contributed by atoms with van der Waals surface area (Å²) in [6, 6.07) is 5.09. The summed E-state index contributed by atoms with van der Waals surface area (Å²) in [4.78, 5) is 13.1. The van der Waals surface area contributed by atoms with Crippen LogP contribution >= 0.6 is 0 Å². The molecule has 0 unspecified atom stereocenters. The molecule has 6 heteroatoms. The fourth-order valence-corrected chi connectivity index (χ4v) is 1.96. The first-order valence-corrected chi connectivity index (χ1v) is 6.99. The molecule has 0 bridgehead atoms. The van der Waals surface area contributed by atoms with Gasteiger partial charge in [-0.1, -0.05) is 13.0 Å². The largest absolute Gasteiger partial charge is 0.406 e. The average molecular weight is 302 g/mol. The van der Waals surface area contributed by atoms with Crippen LogP contribution in [0, 0.1) is 6.92 Å². The van der Waals surface area contributed by atoms with E-state index in [9.17, 15) is 18.0 Å². The first-order valence-electron chi connectivity index (χ1n) is 6.99. The van der Waals surface area contributed by atoms with E-state index in [4.69, 9.17) is 0 Å². The van der Waals surface area contributed by atoms with Gasteiger partial charge in [0.15, 0.2) is 0 Å². The summed E-state index contributed by atoms with van der Waals surface area (Å²) in [5.41, 5.74) is 1.81. The number of amides is 1. The minimum atomic E-state index is -4.40. The highest BCUT2D eigenvalue weighted by molar-refractivity contribution is 5.99. The number of hydrogen-bond donors (Lipinski definition) is 1. The molecule has 0 saturated heterocycles. The van der Waals surface area contributed by atoms with E-state index in [1.165, 1.54) is 6.92 Å². The zero-order valence-corrected chi connectivity index (χ0v) is 12.5. The molecule has 1 rings (SSSR count). The molecule has 1 aromatic rings. The molecule has 0 aliphatic rings. The Labute approximate surface area is 123 Å². The summed E-state index contributed by atoms with van der Waals surface area (Å²) in [5.74, 6) is -0.603. The van der Waals surface area contributed by atoms with E-state index in [2.05, 4.69) is 5.32 Å². The van der Waals surface area contributed by atoms with Crippen molar-refractivity contribution in [1.82, 2.24) is 4.90 Å². The Kier molecular flexibility index (Phi) is 6.05. The Hall–Kier alpha value is -1.72. The molecular formula is C15H21F3N2O. The van der Waals surface area contributed by atoms with Gasteiger partial charge in [-0.05, 0) is 38.0 Å². The van der Waals surface area contributed by atoms with Crippen molar-refractivity contribution in [3.63, 3.8) is 0 Å². The number of aryl methyl sites for hydroxylation is 1. The van der Waals surface area contributed by atoms with Crippen molar-refractivity contribution >= 4 is 11.6 Å². The van der Waals surface area contributed by atoms with Gasteiger partial charge in [-0.15, -0.1) is 0 Å². The number of carbonyl (C=O) groups excluding carboxylic acids is 1. The smallest absolute Gasteiger partial charge is 0.384 e. The highest BCUT2D eigenvalue weighted by Crippen LogP contribution is 2.22. The van der Waals surface area contributed by atoms with Crippen LogP contribution in [0.15, 0.2) is 18.2 Å². The molecule has 3 nitrogen and oxygen atoms in total. The molecule has 1 aromatic carbocycles. The van der Waals surface area contributed by atoms with Gasteiger partial charge in [-0.2, -0.15) is 13.2 Å². The molecule has 0 fully saturated rings. The number of hydrogen-bond acceptors (Lipinski definition) is 2.